The average molecular weight is 418 g/mol. The first-order chi connectivity index (χ1) is 14.6. The van der Waals surface area contributed by atoms with Gasteiger partial charge < -0.3 is 11.5 Å². The second-order valence-corrected chi connectivity index (χ2v) is 8.50. The number of rotatable bonds is 3. The third kappa shape index (κ3) is 3.33. The van der Waals surface area contributed by atoms with Gasteiger partial charge in [0.25, 0.3) is 0 Å². The molecular formula is C22H23N7S. The van der Waals surface area contributed by atoms with Gasteiger partial charge in [0.2, 0.25) is 11.9 Å². The van der Waals surface area contributed by atoms with E-state index in [0.717, 1.165) is 53.2 Å². The molecule has 0 atom stereocenters. The minimum absolute atomic E-state index is 0.267. The molecule has 1 spiro atoms. The first-order valence-corrected chi connectivity index (χ1v) is 11.0. The van der Waals surface area contributed by atoms with Crippen LogP contribution in [0.3, 0.4) is 0 Å². The zero-order valence-electron chi connectivity index (χ0n) is 16.5. The average Bonchev–Trinajstić information content (AvgIpc) is 3.25. The highest BCUT2D eigenvalue weighted by Gasteiger charge is 2.42. The lowest BCUT2D eigenvalue weighted by atomic mass is 9.87. The Morgan fingerprint density at radius 3 is 2.57 bits per heavy atom. The number of nitrogens with two attached hydrogens (primary N) is 2. The smallest absolute Gasteiger partial charge is 0.220 e. The van der Waals surface area contributed by atoms with Crippen molar-refractivity contribution in [3.63, 3.8) is 0 Å². The van der Waals surface area contributed by atoms with E-state index in [2.05, 4.69) is 38.5 Å². The normalized spacial score (nSPS) is 18.2. The van der Waals surface area contributed by atoms with Gasteiger partial charge in [-0.15, -0.1) is 11.3 Å². The lowest BCUT2D eigenvalue weighted by Gasteiger charge is -2.45. The van der Waals surface area contributed by atoms with Gasteiger partial charge in [0.05, 0.1) is 5.69 Å². The standard InChI is InChI=1S/C22H23N7S/c23-20-27-21(24)29(22(28-20)9-2-1-3-10-22)17-6-4-5-16(13-17)19-26-18(14-30-19)15-7-11-25-12-8-15/h4-8,11-14H,1-3,9-10H2,(H4,23,24,27,28). The Labute approximate surface area is 179 Å². The van der Waals surface area contributed by atoms with Crippen molar-refractivity contribution >= 4 is 28.9 Å². The lowest BCUT2D eigenvalue weighted by Crippen LogP contribution is -2.58. The predicted octanol–water partition coefficient (Wildman–Crippen LogP) is 3.98. The predicted molar refractivity (Wildman–Crippen MR) is 122 cm³/mol. The molecule has 3 aromatic rings. The molecular weight excluding hydrogens is 394 g/mol. The summed E-state index contributed by atoms with van der Waals surface area (Å²) in [5.41, 5.74) is 15.9. The Balaban J connectivity index is 1.52. The Bertz CT molecular complexity index is 1110. The van der Waals surface area contributed by atoms with Crippen LogP contribution in [0.2, 0.25) is 0 Å². The largest absolute Gasteiger partial charge is 0.369 e. The monoisotopic (exact) mass is 417 g/mol. The first-order valence-electron chi connectivity index (χ1n) is 10.1. The maximum absolute atomic E-state index is 6.37. The molecule has 2 aromatic heterocycles. The van der Waals surface area contributed by atoms with Gasteiger partial charge in [-0.05, 0) is 49.9 Å². The summed E-state index contributed by atoms with van der Waals surface area (Å²) in [6.07, 6.45) is 8.80. The number of aliphatic imine (C=N–C) groups is 2. The van der Waals surface area contributed by atoms with Gasteiger partial charge in [0.15, 0.2) is 0 Å². The van der Waals surface area contributed by atoms with Crippen LogP contribution in [-0.4, -0.2) is 27.5 Å². The van der Waals surface area contributed by atoms with Crippen LogP contribution < -0.4 is 16.4 Å². The molecule has 2 aliphatic rings. The number of anilines is 1. The molecule has 152 valence electrons. The number of benzene rings is 1. The molecule has 5 rings (SSSR count). The molecule has 1 saturated carbocycles. The van der Waals surface area contributed by atoms with E-state index in [-0.39, 0.29) is 5.96 Å². The fraction of sp³-hybridized carbons (Fsp3) is 0.273. The van der Waals surface area contributed by atoms with Crippen LogP contribution >= 0.6 is 11.3 Å². The number of pyridine rings is 1. The molecule has 0 amide bonds. The second kappa shape index (κ2) is 7.53. The Morgan fingerprint density at radius 1 is 0.967 bits per heavy atom. The van der Waals surface area contributed by atoms with Crippen molar-refractivity contribution in [3.05, 3.63) is 54.2 Å². The molecule has 30 heavy (non-hydrogen) atoms. The number of hydrogen-bond donors (Lipinski definition) is 2. The van der Waals surface area contributed by atoms with E-state index < -0.39 is 5.66 Å². The second-order valence-electron chi connectivity index (χ2n) is 7.64. The highest BCUT2D eigenvalue weighted by molar-refractivity contribution is 7.13. The maximum atomic E-state index is 6.37. The molecule has 3 heterocycles. The summed E-state index contributed by atoms with van der Waals surface area (Å²) in [6.45, 7) is 0. The van der Waals surface area contributed by atoms with E-state index >= 15 is 0 Å². The third-order valence-corrected chi connectivity index (χ3v) is 6.57. The van der Waals surface area contributed by atoms with E-state index in [1.807, 2.05) is 18.2 Å². The molecule has 8 heteroatoms. The van der Waals surface area contributed by atoms with Crippen LogP contribution in [0.4, 0.5) is 5.69 Å². The highest BCUT2D eigenvalue weighted by Crippen LogP contribution is 2.40. The molecule has 1 aliphatic carbocycles. The fourth-order valence-electron chi connectivity index (χ4n) is 4.33. The van der Waals surface area contributed by atoms with Gasteiger partial charge in [0.1, 0.15) is 10.7 Å². The van der Waals surface area contributed by atoms with Crippen molar-refractivity contribution < 1.29 is 0 Å². The van der Waals surface area contributed by atoms with Crippen molar-refractivity contribution in [3.8, 4) is 21.8 Å². The summed E-state index contributed by atoms with van der Waals surface area (Å²) >= 11 is 1.62. The lowest BCUT2D eigenvalue weighted by molar-refractivity contribution is 0.305. The summed E-state index contributed by atoms with van der Waals surface area (Å²) in [4.78, 5) is 20.0. The van der Waals surface area contributed by atoms with Crippen molar-refractivity contribution in [1.29, 1.82) is 0 Å². The molecule has 0 unspecified atom stereocenters. The summed E-state index contributed by atoms with van der Waals surface area (Å²) in [5.74, 6) is 0.668. The minimum Gasteiger partial charge on any atom is -0.369 e. The fourth-order valence-corrected chi connectivity index (χ4v) is 5.16. The van der Waals surface area contributed by atoms with Crippen LogP contribution in [0, 0.1) is 0 Å². The first kappa shape index (κ1) is 18.7. The molecule has 7 nitrogen and oxygen atoms in total. The van der Waals surface area contributed by atoms with Crippen LogP contribution in [0.15, 0.2) is 64.2 Å². The third-order valence-electron chi connectivity index (χ3n) is 5.68. The number of hydrogen-bond acceptors (Lipinski definition) is 8. The summed E-state index contributed by atoms with van der Waals surface area (Å²) < 4.78 is 0. The van der Waals surface area contributed by atoms with E-state index in [1.165, 1.54) is 6.42 Å². The van der Waals surface area contributed by atoms with Gasteiger partial charge in [-0.25, -0.2) is 9.98 Å². The van der Waals surface area contributed by atoms with Gasteiger partial charge in [-0.1, -0.05) is 18.6 Å². The molecule has 1 aliphatic heterocycles. The van der Waals surface area contributed by atoms with Crippen LogP contribution in [0.1, 0.15) is 32.1 Å². The zero-order chi connectivity index (χ0) is 20.6. The van der Waals surface area contributed by atoms with Crippen molar-refractivity contribution in [1.82, 2.24) is 9.97 Å². The molecule has 4 N–H and O–H groups in total. The molecule has 0 radical (unpaired) electrons. The Morgan fingerprint density at radius 2 is 1.77 bits per heavy atom. The number of nitrogens with zero attached hydrogens (tertiary/aromatic N) is 5. The number of thiazole rings is 1. The van der Waals surface area contributed by atoms with Crippen LogP contribution in [-0.2, 0) is 0 Å². The van der Waals surface area contributed by atoms with Crippen molar-refractivity contribution in [2.75, 3.05) is 4.90 Å². The Kier molecular flexibility index (Phi) is 4.71. The van der Waals surface area contributed by atoms with Crippen LogP contribution in [0.25, 0.3) is 21.8 Å². The van der Waals surface area contributed by atoms with Gasteiger partial charge in [-0.2, -0.15) is 4.99 Å². The summed E-state index contributed by atoms with van der Waals surface area (Å²) in [7, 11) is 0. The molecule has 0 saturated heterocycles. The van der Waals surface area contributed by atoms with E-state index in [4.69, 9.17) is 21.4 Å². The number of aromatic nitrogens is 2. The van der Waals surface area contributed by atoms with Crippen molar-refractivity contribution in [2.45, 2.75) is 37.8 Å². The van der Waals surface area contributed by atoms with Gasteiger partial charge in [0, 0.05) is 34.6 Å². The number of guanidine groups is 2. The van der Waals surface area contributed by atoms with Crippen molar-refractivity contribution in [2.24, 2.45) is 21.5 Å². The summed E-state index contributed by atoms with van der Waals surface area (Å²) in [5, 5.41) is 3.03. The van der Waals surface area contributed by atoms with E-state index in [1.54, 1.807) is 23.7 Å². The summed E-state index contributed by atoms with van der Waals surface area (Å²) in [6, 6.07) is 12.2. The van der Waals surface area contributed by atoms with E-state index in [9.17, 15) is 0 Å². The maximum Gasteiger partial charge on any atom is 0.220 e. The molecule has 1 aromatic carbocycles. The quantitative estimate of drug-likeness (QED) is 0.670. The molecule has 1 fully saturated rings. The van der Waals surface area contributed by atoms with E-state index in [0.29, 0.717) is 5.96 Å². The van der Waals surface area contributed by atoms with Crippen LogP contribution in [0.5, 0.6) is 0 Å². The zero-order valence-corrected chi connectivity index (χ0v) is 17.3. The van der Waals surface area contributed by atoms with Gasteiger partial charge >= 0.3 is 0 Å². The SMILES string of the molecule is NC1=NC2(CCCCC2)N(c2cccc(-c3nc(-c4ccncc4)cs3)c2)C(N)=N1. The Hall–Kier alpha value is -3.26. The highest BCUT2D eigenvalue weighted by atomic mass is 32.1. The topological polar surface area (TPSA) is 106 Å². The minimum atomic E-state index is -0.447. The van der Waals surface area contributed by atoms with Gasteiger partial charge in [-0.3, -0.25) is 9.88 Å². The molecule has 0 bridgehead atoms.